The van der Waals surface area contributed by atoms with Gasteiger partial charge in [-0.3, -0.25) is 4.79 Å². The van der Waals surface area contributed by atoms with Gasteiger partial charge in [-0.1, -0.05) is 41.6 Å². The summed E-state index contributed by atoms with van der Waals surface area (Å²) >= 11 is 1.27. The summed E-state index contributed by atoms with van der Waals surface area (Å²) in [4.78, 5) is 28.2. The minimum absolute atomic E-state index is 0.0327. The molecule has 0 aromatic heterocycles. The average Bonchev–Trinajstić information content (AvgIpc) is 3.02. The maximum Gasteiger partial charge on any atom is 0.274 e. The van der Waals surface area contributed by atoms with E-state index in [9.17, 15) is 23.1 Å². The number of carboxylic acid groups (broad SMARTS) is 1. The van der Waals surface area contributed by atoms with Gasteiger partial charge in [-0.2, -0.15) is 4.99 Å². The second-order valence-corrected chi connectivity index (χ2v) is 9.93. The number of carboxylic acids is 1. The molecule has 1 amide bonds. The summed E-state index contributed by atoms with van der Waals surface area (Å²) in [5.74, 6) is -1.94. The van der Waals surface area contributed by atoms with Crippen molar-refractivity contribution in [3.05, 3.63) is 35.4 Å². The molecule has 1 aromatic rings. The lowest BCUT2D eigenvalue weighted by atomic mass is 10.1. The molecule has 2 atom stereocenters. The molecular formula is C17H19N2O6S2-. The molecule has 0 bridgehead atoms. The van der Waals surface area contributed by atoms with E-state index in [1.54, 1.807) is 0 Å². The molecule has 0 radical (unpaired) electrons. The number of nitrogens with zero attached hydrogens (tertiary/aromatic N) is 2. The summed E-state index contributed by atoms with van der Waals surface area (Å²) in [6.07, 6.45) is 0. The molecule has 146 valence electrons. The van der Waals surface area contributed by atoms with Crippen LogP contribution in [0.25, 0.3) is 0 Å². The first-order valence-electron chi connectivity index (χ1n) is 8.32. The Labute approximate surface area is 161 Å². The number of rotatable bonds is 6. The molecular weight excluding hydrogens is 392 g/mol. The molecule has 2 aliphatic rings. The Bertz CT molecular complexity index is 866. The van der Waals surface area contributed by atoms with Crippen LogP contribution in [-0.2, 0) is 30.7 Å². The van der Waals surface area contributed by atoms with Crippen LogP contribution < -0.4 is 5.11 Å². The predicted octanol–water partition coefficient (Wildman–Crippen LogP) is -0.641. The molecule has 3 rings (SSSR count). The first kappa shape index (κ1) is 19.8. The highest BCUT2D eigenvalue weighted by Gasteiger charge is 2.48. The molecule has 2 fully saturated rings. The number of hydrogen-bond donors (Lipinski definition) is 0. The number of aliphatic imine (C=N–C) groups is 1. The van der Waals surface area contributed by atoms with Gasteiger partial charge in [-0.15, -0.1) is 0 Å². The van der Waals surface area contributed by atoms with Gasteiger partial charge in [0.15, 0.2) is 15.0 Å². The second-order valence-electron chi connectivity index (χ2n) is 6.57. The Morgan fingerprint density at radius 1 is 1.26 bits per heavy atom. The number of amidine groups is 1. The average molecular weight is 411 g/mol. The van der Waals surface area contributed by atoms with Crippen LogP contribution >= 0.6 is 11.8 Å². The van der Waals surface area contributed by atoms with Crippen LogP contribution in [0.5, 0.6) is 0 Å². The number of fused-ring (bicyclic) bond motifs is 1. The van der Waals surface area contributed by atoms with E-state index in [0.717, 1.165) is 11.1 Å². The van der Waals surface area contributed by atoms with Gasteiger partial charge < -0.3 is 19.5 Å². The van der Waals surface area contributed by atoms with Gasteiger partial charge in [0.1, 0.15) is 6.61 Å². The van der Waals surface area contributed by atoms with Gasteiger partial charge in [0.2, 0.25) is 0 Å². The number of sulfone groups is 1. The third-order valence-corrected chi connectivity index (χ3v) is 7.56. The molecule has 0 saturated carbocycles. The smallest absolute Gasteiger partial charge is 0.274 e. The highest BCUT2D eigenvalue weighted by atomic mass is 32.2. The topological polar surface area (TPSA) is 116 Å². The van der Waals surface area contributed by atoms with Crippen molar-refractivity contribution in [1.29, 1.82) is 0 Å². The molecule has 2 heterocycles. The van der Waals surface area contributed by atoms with Gasteiger partial charge in [0, 0.05) is 11.8 Å². The van der Waals surface area contributed by atoms with Gasteiger partial charge in [0.25, 0.3) is 5.91 Å². The van der Waals surface area contributed by atoms with Crippen LogP contribution in [0, 0.1) is 6.92 Å². The minimum atomic E-state index is -3.11. The van der Waals surface area contributed by atoms with Crippen molar-refractivity contribution in [3.63, 3.8) is 0 Å². The van der Waals surface area contributed by atoms with Gasteiger partial charge in [-0.05, 0) is 12.5 Å². The number of thioether (sulfide) groups is 1. The number of ether oxygens (including phenoxy) is 1. The fraction of sp³-hybridized carbons (Fsp3) is 0.471. The number of aryl methyl sites for hydroxylation is 1. The largest absolute Gasteiger partial charge is 0.548 e. The van der Waals surface area contributed by atoms with Crippen LogP contribution in [0.2, 0.25) is 0 Å². The van der Waals surface area contributed by atoms with Crippen LogP contribution in [0.15, 0.2) is 29.3 Å². The van der Waals surface area contributed by atoms with Crippen molar-refractivity contribution in [2.45, 2.75) is 24.8 Å². The zero-order valence-corrected chi connectivity index (χ0v) is 16.3. The van der Waals surface area contributed by atoms with Crippen LogP contribution in [0.4, 0.5) is 0 Å². The number of carbonyl (C=O) groups is 2. The lowest BCUT2D eigenvalue weighted by molar-refractivity contribution is -0.309. The van der Waals surface area contributed by atoms with Crippen molar-refractivity contribution in [3.8, 4) is 0 Å². The molecule has 27 heavy (non-hydrogen) atoms. The van der Waals surface area contributed by atoms with Crippen molar-refractivity contribution in [1.82, 2.24) is 4.90 Å². The van der Waals surface area contributed by atoms with E-state index in [2.05, 4.69) is 4.99 Å². The highest BCUT2D eigenvalue weighted by Crippen LogP contribution is 2.39. The molecule has 1 aromatic carbocycles. The second kappa shape index (κ2) is 7.99. The van der Waals surface area contributed by atoms with Crippen molar-refractivity contribution in [2.24, 2.45) is 4.99 Å². The number of benzene rings is 1. The lowest BCUT2D eigenvalue weighted by Gasteiger charge is -2.24. The standard InChI is InChI=1S/C17H20N2O6S2/c1-11-2-4-12(5-3-11)6-19-13-9-27(23,24)10-14(13)26-17(19)18-15(20)7-25-8-16(21)22/h2-5,13-14H,6-10H2,1H3,(H,21,22)/p-1/t13-,14-/m0/s1. The summed E-state index contributed by atoms with van der Waals surface area (Å²) in [5, 5.41) is 10.6. The number of amides is 1. The van der Waals surface area contributed by atoms with E-state index in [-0.39, 0.29) is 22.8 Å². The normalized spacial score (nSPS) is 24.9. The maximum atomic E-state index is 12.0. The molecule has 2 saturated heterocycles. The van der Waals surface area contributed by atoms with Crippen molar-refractivity contribution in [2.75, 3.05) is 24.7 Å². The summed E-state index contributed by atoms with van der Waals surface area (Å²) in [7, 11) is -3.11. The fourth-order valence-corrected chi connectivity index (χ4v) is 7.04. The fourth-order valence-electron chi connectivity index (χ4n) is 3.07. The highest BCUT2D eigenvalue weighted by molar-refractivity contribution is 8.15. The Morgan fingerprint density at radius 2 is 1.96 bits per heavy atom. The lowest BCUT2D eigenvalue weighted by Crippen LogP contribution is -2.37. The molecule has 0 unspecified atom stereocenters. The third-order valence-electron chi connectivity index (χ3n) is 4.31. The summed E-state index contributed by atoms with van der Waals surface area (Å²) < 4.78 is 28.7. The Balaban J connectivity index is 1.77. The Hall–Kier alpha value is -1.91. The zero-order valence-electron chi connectivity index (χ0n) is 14.7. The van der Waals surface area contributed by atoms with E-state index in [0.29, 0.717) is 11.7 Å². The summed E-state index contributed by atoms with van der Waals surface area (Å²) in [5.41, 5.74) is 2.10. The molecule has 2 aliphatic heterocycles. The predicted molar refractivity (Wildman–Crippen MR) is 98.8 cm³/mol. The number of hydrogen-bond acceptors (Lipinski definition) is 7. The van der Waals surface area contributed by atoms with Crippen LogP contribution in [0.1, 0.15) is 11.1 Å². The van der Waals surface area contributed by atoms with Crippen LogP contribution in [0.3, 0.4) is 0 Å². The number of aliphatic carboxylic acids is 1. The van der Waals surface area contributed by atoms with E-state index >= 15 is 0 Å². The monoisotopic (exact) mass is 411 g/mol. The molecule has 0 aliphatic carbocycles. The van der Waals surface area contributed by atoms with E-state index < -0.39 is 34.9 Å². The van der Waals surface area contributed by atoms with E-state index in [4.69, 9.17) is 4.74 Å². The Morgan fingerprint density at radius 3 is 2.63 bits per heavy atom. The van der Waals surface area contributed by atoms with Crippen molar-refractivity contribution < 1.29 is 27.9 Å². The van der Waals surface area contributed by atoms with Crippen LogP contribution in [-0.4, -0.2) is 66.4 Å². The molecule has 0 spiro atoms. The zero-order chi connectivity index (χ0) is 19.6. The van der Waals surface area contributed by atoms with Gasteiger partial charge in [-0.25, -0.2) is 8.42 Å². The van der Waals surface area contributed by atoms with E-state index in [1.165, 1.54) is 11.8 Å². The SMILES string of the molecule is Cc1ccc(CN2C(=NC(=O)COCC(=O)[O-])S[C@H]3CS(=O)(=O)C[C@@H]32)cc1. The quantitative estimate of drug-likeness (QED) is 0.607. The molecule has 8 nitrogen and oxygen atoms in total. The first-order chi connectivity index (χ1) is 12.7. The molecule has 10 heteroatoms. The third kappa shape index (κ3) is 5.08. The maximum absolute atomic E-state index is 12.0. The number of carbonyl (C=O) groups excluding carboxylic acids is 2. The van der Waals surface area contributed by atoms with Crippen molar-refractivity contribution >= 4 is 38.6 Å². The van der Waals surface area contributed by atoms with E-state index in [1.807, 2.05) is 36.1 Å². The first-order valence-corrected chi connectivity index (χ1v) is 11.0. The Kier molecular flexibility index (Phi) is 5.87. The van der Waals surface area contributed by atoms with Gasteiger partial charge >= 0.3 is 0 Å². The minimum Gasteiger partial charge on any atom is -0.548 e. The summed E-state index contributed by atoms with van der Waals surface area (Å²) in [6.45, 7) is 1.27. The van der Waals surface area contributed by atoms with Gasteiger partial charge in [0.05, 0.1) is 30.1 Å². The molecule has 0 N–H and O–H groups in total. The summed E-state index contributed by atoms with van der Waals surface area (Å²) in [6, 6.07) is 7.61.